The van der Waals surface area contributed by atoms with E-state index in [0.29, 0.717) is 24.3 Å². The number of methoxy groups -OCH3 is 1. The molecule has 0 unspecified atom stereocenters. The maximum Gasteiger partial charge on any atom is 0.253 e. The summed E-state index contributed by atoms with van der Waals surface area (Å²) in [6.07, 6.45) is 2.53. The monoisotopic (exact) mass is 426 g/mol. The van der Waals surface area contributed by atoms with Crippen molar-refractivity contribution in [2.24, 2.45) is 11.8 Å². The van der Waals surface area contributed by atoms with Crippen LogP contribution in [0.3, 0.4) is 0 Å². The van der Waals surface area contributed by atoms with Crippen LogP contribution in [-0.2, 0) is 6.42 Å². The van der Waals surface area contributed by atoms with Crippen molar-refractivity contribution < 1.29 is 9.53 Å². The molecular weight excluding hydrogens is 396 g/mol. The normalized spacial score (nSPS) is 23.0. The van der Waals surface area contributed by atoms with Crippen molar-refractivity contribution in [3.05, 3.63) is 77.4 Å². The van der Waals surface area contributed by atoms with E-state index in [2.05, 4.69) is 49.7 Å². The van der Waals surface area contributed by atoms with Crippen LogP contribution in [0.4, 0.5) is 0 Å². The lowest BCUT2D eigenvalue weighted by atomic mass is 9.88. The number of likely N-dealkylation sites (tertiary alicyclic amines) is 2. The fourth-order valence-electron chi connectivity index (χ4n) is 5.22. The van der Waals surface area contributed by atoms with Gasteiger partial charge in [0, 0.05) is 37.2 Å². The third-order valence-electron chi connectivity index (χ3n) is 6.58. The Labute approximate surface area is 185 Å². The summed E-state index contributed by atoms with van der Waals surface area (Å²) in [5.41, 5.74) is 4.47. The fourth-order valence-corrected chi connectivity index (χ4v) is 5.22. The Bertz CT molecular complexity index is 929. The second-order valence-electron chi connectivity index (χ2n) is 8.39. The molecule has 0 aliphatic carbocycles. The van der Waals surface area contributed by atoms with Gasteiger partial charge in [0.15, 0.2) is 0 Å². The quantitative estimate of drug-likeness (QED) is 0.658. The summed E-state index contributed by atoms with van der Waals surface area (Å²) in [5.74, 6) is 1.94. The largest absolute Gasteiger partial charge is 0.496 e. The van der Waals surface area contributed by atoms with Gasteiger partial charge in [0.2, 0.25) is 0 Å². The molecule has 0 aromatic heterocycles. The highest BCUT2D eigenvalue weighted by Gasteiger charge is 2.47. The first-order valence-corrected chi connectivity index (χ1v) is 10.4. The minimum absolute atomic E-state index is 0. The highest BCUT2D eigenvalue weighted by Crippen LogP contribution is 2.45. The van der Waals surface area contributed by atoms with Crippen LogP contribution in [0, 0.1) is 18.8 Å². The van der Waals surface area contributed by atoms with Gasteiger partial charge in [0.05, 0.1) is 7.11 Å². The van der Waals surface area contributed by atoms with Gasteiger partial charge in [-0.3, -0.25) is 9.69 Å². The van der Waals surface area contributed by atoms with Crippen LogP contribution in [0.2, 0.25) is 0 Å². The van der Waals surface area contributed by atoms with Crippen molar-refractivity contribution in [2.45, 2.75) is 19.4 Å². The smallest absolute Gasteiger partial charge is 0.253 e. The highest BCUT2D eigenvalue weighted by molar-refractivity contribution is 5.95. The van der Waals surface area contributed by atoms with E-state index in [-0.39, 0.29) is 18.3 Å². The second-order valence-corrected chi connectivity index (χ2v) is 8.39. The van der Waals surface area contributed by atoms with Gasteiger partial charge in [-0.05, 0) is 61.2 Å². The first-order valence-electron chi connectivity index (χ1n) is 10.4. The molecule has 4 rings (SSSR count). The Morgan fingerprint density at radius 3 is 2.67 bits per heavy atom. The molecule has 3 atom stereocenters. The number of ether oxygens (including phenoxy) is 1. The van der Waals surface area contributed by atoms with Gasteiger partial charge in [-0.2, -0.15) is 0 Å². The third-order valence-corrected chi connectivity index (χ3v) is 6.58. The lowest BCUT2D eigenvalue weighted by molar-refractivity contribution is 0.0767. The summed E-state index contributed by atoms with van der Waals surface area (Å²) in [4.78, 5) is 17.8. The highest BCUT2D eigenvalue weighted by atomic mass is 35.5. The summed E-state index contributed by atoms with van der Waals surface area (Å²) in [6.45, 7) is 8.69. The number of fused-ring (bicyclic) bond motifs is 1. The number of hydrogen-bond acceptors (Lipinski definition) is 3. The number of allylic oxidation sites excluding steroid dienone is 1. The van der Waals surface area contributed by atoms with Gasteiger partial charge in [-0.25, -0.2) is 0 Å². The summed E-state index contributed by atoms with van der Waals surface area (Å²) in [6, 6.07) is 14.8. The van der Waals surface area contributed by atoms with Crippen LogP contribution >= 0.6 is 12.4 Å². The molecule has 0 spiro atoms. The molecule has 0 N–H and O–H groups in total. The van der Waals surface area contributed by atoms with E-state index in [9.17, 15) is 4.79 Å². The Balaban J connectivity index is 0.00000256. The number of carbonyl (C=O) groups excluding carboxylic acids is 1. The van der Waals surface area contributed by atoms with Gasteiger partial charge in [-0.15, -0.1) is 19.0 Å². The van der Waals surface area contributed by atoms with Crippen molar-refractivity contribution in [2.75, 3.05) is 33.8 Å². The molecule has 1 amide bonds. The van der Waals surface area contributed by atoms with Gasteiger partial charge in [0.25, 0.3) is 5.91 Å². The number of rotatable bonds is 5. The van der Waals surface area contributed by atoms with E-state index in [0.717, 1.165) is 36.5 Å². The van der Waals surface area contributed by atoms with E-state index < -0.39 is 0 Å². The zero-order valence-corrected chi connectivity index (χ0v) is 18.8. The number of amides is 1. The van der Waals surface area contributed by atoms with E-state index in [1.807, 2.05) is 29.2 Å². The predicted molar refractivity (Wildman–Crippen MR) is 124 cm³/mol. The molecule has 0 radical (unpaired) electrons. The van der Waals surface area contributed by atoms with Gasteiger partial charge >= 0.3 is 0 Å². The van der Waals surface area contributed by atoms with Crippen molar-refractivity contribution in [1.29, 1.82) is 0 Å². The predicted octanol–water partition coefficient (Wildman–Crippen LogP) is 4.53. The minimum Gasteiger partial charge on any atom is -0.496 e. The number of hydrogen-bond donors (Lipinski definition) is 0. The topological polar surface area (TPSA) is 32.8 Å². The molecule has 30 heavy (non-hydrogen) atoms. The third kappa shape index (κ3) is 3.99. The molecule has 5 heteroatoms. The second kappa shape index (κ2) is 9.23. The van der Waals surface area contributed by atoms with Crippen molar-refractivity contribution in [3.8, 4) is 5.75 Å². The Morgan fingerprint density at radius 1 is 1.20 bits per heavy atom. The van der Waals surface area contributed by atoms with Crippen LogP contribution in [0.15, 0.2) is 55.1 Å². The minimum atomic E-state index is 0. The van der Waals surface area contributed by atoms with Crippen molar-refractivity contribution in [1.82, 2.24) is 9.80 Å². The van der Waals surface area contributed by atoms with Gasteiger partial charge in [0.1, 0.15) is 5.75 Å². The average molecular weight is 427 g/mol. The Kier molecular flexibility index (Phi) is 6.89. The molecule has 0 saturated carbocycles. The number of halogens is 1. The first-order chi connectivity index (χ1) is 14.0. The molecule has 2 aliphatic rings. The van der Waals surface area contributed by atoms with Crippen LogP contribution in [-0.4, -0.2) is 49.5 Å². The number of carbonyl (C=O) groups is 1. The molecule has 2 aromatic rings. The maximum absolute atomic E-state index is 13.3. The average Bonchev–Trinajstić information content (AvgIpc) is 3.25. The van der Waals surface area contributed by atoms with E-state index in [1.165, 1.54) is 11.1 Å². The number of benzene rings is 2. The molecule has 2 aliphatic heterocycles. The van der Waals surface area contributed by atoms with Crippen molar-refractivity contribution >= 4 is 18.3 Å². The molecule has 160 valence electrons. The maximum atomic E-state index is 13.3. The fraction of sp³-hybridized carbons (Fsp3) is 0.400. The number of nitrogens with zero attached hydrogens (tertiary/aromatic N) is 2. The van der Waals surface area contributed by atoms with Crippen LogP contribution in [0.1, 0.15) is 33.1 Å². The Hall–Kier alpha value is -2.30. The summed E-state index contributed by atoms with van der Waals surface area (Å²) in [5, 5.41) is 0. The summed E-state index contributed by atoms with van der Waals surface area (Å²) < 4.78 is 5.43. The molecular formula is C25H31ClN2O2. The molecule has 4 nitrogen and oxygen atoms in total. The first kappa shape index (κ1) is 22.4. The van der Waals surface area contributed by atoms with Crippen molar-refractivity contribution in [3.63, 3.8) is 0 Å². The van der Waals surface area contributed by atoms with E-state index in [4.69, 9.17) is 4.74 Å². The van der Waals surface area contributed by atoms with Gasteiger partial charge in [-0.1, -0.05) is 30.3 Å². The molecule has 2 fully saturated rings. The van der Waals surface area contributed by atoms with Crippen LogP contribution in [0.5, 0.6) is 5.75 Å². The Morgan fingerprint density at radius 2 is 1.97 bits per heavy atom. The number of aryl methyl sites for hydroxylation is 1. The van der Waals surface area contributed by atoms with Crippen LogP contribution < -0.4 is 4.74 Å². The van der Waals surface area contributed by atoms with Gasteiger partial charge < -0.3 is 9.64 Å². The zero-order chi connectivity index (χ0) is 20.5. The van der Waals surface area contributed by atoms with Crippen LogP contribution in [0.25, 0.3) is 0 Å². The molecule has 0 bridgehead atoms. The zero-order valence-electron chi connectivity index (χ0n) is 18.0. The summed E-state index contributed by atoms with van der Waals surface area (Å²) >= 11 is 0. The molecule has 2 aromatic carbocycles. The molecule has 2 saturated heterocycles. The lowest BCUT2D eigenvalue weighted by Crippen LogP contribution is -2.33. The van der Waals surface area contributed by atoms with E-state index >= 15 is 0 Å². The SMILES string of the molecule is C=CCc1cc(C(=O)N2C[C@@H]3CN(C)[C@H](c4ccccc4C)[C@@H]3C2)ccc1OC.Cl. The standard InChI is InChI=1S/C25H30N2O2.ClH/c1-5-8-18-13-19(11-12-23(18)29-4)25(28)27-15-20-14-26(3)24(22(20)16-27)21-10-7-6-9-17(21)2;/h5-7,9-13,20,22,24H,1,8,14-16H2,2-4H3;1H/t20-,22+,24+;/m0./s1. The lowest BCUT2D eigenvalue weighted by Gasteiger charge is -2.28. The van der Waals surface area contributed by atoms with E-state index in [1.54, 1.807) is 7.11 Å². The molecule has 2 heterocycles. The summed E-state index contributed by atoms with van der Waals surface area (Å²) in [7, 11) is 3.87.